The van der Waals surface area contributed by atoms with Crippen molar-refractivity contribution in [2.75, 3.05) is 27.4 Å². The van der Waals surface area contributed by atoms with Crippen LogP contribution in [0.15, 0.2) is 54.6 Å². The molecule has 0 bridgehead atoms. The molecule has 2 saturated heterocycles. The number of aliphatic hydroxyl groups excluding tert-OH is 2. The van der Waals surface area contributed by atoms with Gasteiger partial charge in [0.05, 0.1) is 64.1 Å². The van der Waals surface area contributed by atoms with E-state index in [1.54, 1.807) is 14.2 Å². The minimum Gasteiger partial charge on any atom is -0.497 e. The Bertz CT molecular complexity index is 1180. The molecule has 2 fully saturated rings. The highest BCUT2D eigenvalue weighted by atomic mass is 16.7. The average Bonchev–Trinajstić information content (AvgIpc) is 3.09. The molecular formula is C39H60O8. The summed E-state index contributed by atoms with van der Waals surface area (Å²) in [4.78, 5) is 0. The van der Waals surface area contributed by atoms with E-state index in [0.717, 1.165) is 29.7 Å². The minimum atomic E-state index is -0.835. The van der Waals surface area contributed by atoms with Crippen molar-refractivity contribution in [3.05, 3.63) is 65.7 Å². The highest BCUT2D eigenvalue weighted by molar-refractivity contribution is 5.26. The van der Waals surface area contributed by atoms with Crippen LogP contribution in [0.4, 0.5) is 0 Å². The van der Waals surface area contributed by atoms with Crippen LogP contribution in [0.3, 0.4) is 0 Å². The first-order chi connectivity index (χ1) is 22.5. The van der Waals surface area contributed by atoms with Gasteiger partial charge in [-0.05, 0) is 35.6 Å². The summed E-state index contributed by atoms with van der Waals surface area (Å²) in [6.07, 6.45) is 0.517. The molecule has 0 saturated carbocycles. The van der Waals surface area contributed by atoms with Gasteiger partial charge >= 0.3 is 0 Å². The molecule has 2 aliphatic rings. The summed E-state index contributed by atoms with van der Waals surface area (Å²) in [6.45, 7) is 14.4. The van der Waals surface area contributed by atoms with E-state index in [1.807, 2.05) is 68.4 Å². The summed E-state index contributed by atoms with van der Waals surface area (Å²) < 4.78 is 37.2. The molecule has 264 valence electrons. The van der Waals surface area contributed by atoms with Crippen LogP contribution in [0, 0.1) is 35.5 Å². The lowest BCUT2D eigenvalue weighted by Crippen LogP contribution is -2.60. The number of methoxy groups -OCH3 is 2. The van der Waals surface area contributed by atoms with Gasteiger partial charge in [0.2, 0.25) is 0 Å². The molecule has 2 aromatic carbocycles. The quantitative estimate of drug-likeness (QED) is 0.208. The normalized spacial score (nSPS) is 30.3. The molecule has 0 radical (unpaired) electrons. The van der Waals surface area contributed by atoms with Gasteiger partial charge in [0.1, 0.15) is 5.75 Å². The van der Waals surface area contributed by atoms with Gasteiger partial charge < -0.3 is 38.6 Å². The number of hydrogen-bond donors (Lipinski definition) is 2. The standard InChI is InChI=1S/C39H60O8/c1-25-18-19-39(46-37(25)29(5)35(40)26(2)21-45-24-32-14-16-33(42-7)17-15-32)20-34(43-8)28(4)38(47-39)30(6)36(41)27(3)22-44-23-31-12-10-9-11-13-31/h9-17,25-30,34-38,40-41H,18-24H2,1-8H3/t25-,26-,27-,28+,29-,30+,34+,35-,36-,37-,38-,39-/m0/s1. The van der Waals surface area contributed by atoms with Crippen LogP contribution in [0.5, 0.6) is 5.75 Å². The van der Waals surface area contributed by atoms with E-state index in [1.165, 1.54) is 0 Å². The SMILES string of the molecule is COc1ccc(COC[C@H](C)[C@H](O)[C@H](C)[C@H]2O[C@]3(CC[C@@H]2C)C[C@@H](OC)[C@@H](C)[C@@H]([C@H](C)[C@@H](O)[C@@H](C)COCc2ccccc2)O3)cc1. The average molecular weight is 657 g/mol. The monoisotopic (exact) mass is 656 g/mol. The summed E-state index contributed by atoms with van der Waals surface area (Å²) in [5, 5.41) is 23.0. The Morgan fingerprint density at radius 1 is 0.766 bits per heavy atom. The molecule has 2 heterocycles. The minimum absolute atomic E-state index is 0.0694. The molecule has 2 aliphatic heterocycles. The molecular weight excluding hydrogens is 596 g/mol. The van der Waals surface area contributed by atoms with Crippen LogP contribution in [0.25, 0.3) is 0 Å². The number of benzene rings is 2. The van der Waals surface area contributed by atoms with Crippen molar-refractivity contribution < 1.29 is 38.6 Å². The smallest absolute Gasteiger partial charge is 0.171 e. The fraction of sp³-hybridized carbons (Fsp3) is 0.692. The molecule has 4 rings (SSSR count). The highest BCUT2D eigenvalue weighted by Crippen LogP contribution is 2.47. The first-order valence-electron chi connectivity index (χ1n) is 17.6. The van der Waals surface area contributed by atoms with E-state index in [-0.39, 0.29) is 53.8 Å². The lowest BCUT2D eigenvalue weighted by molar-refractivity contribution is -0.362. The van der Waals surface area contributed by atoms with Crippen molar-refractivity contribution in [1.82, 2.24) is 0 Å². The summed E-state index contributed by atoms with van der Waals surface area (Å²) in [6, 6.07) is 17.9. The van der Waals surface area contributed by atoms with Gasteiger partial charge in [-0.1, -0.05) is 84.0 Å². The van der Waals surface area contributed by atoms with E-state index in [0.29, 0.717) is 32.8 Å². The lowest BCUT2D eigenvalue weighted by atomic mass is 9.75. The number of hydrogen-bond acceptors (Lipinski definition) is 8. The molecule has 2 N–H and O–H groups in total. The van der Waals surface area contributed by atoms with Gasteiger partial charge in [0.25, 0.3) is 0 Å². The molecule has 0 amide bonds. The number of ether oxygens (including phenoxy) is 6. The molecule has 0 unspecified atom stereocenters. The molecule has 8 nitrogen and oxygen atoms in total. The fourth-order valence-electron chi connectivity index (χ4n) is 7.53. The third kappa shape index (κ3) is 9.78. The Labute approximate surface area is 283 Å². The van der Waals surface area contributed by atoms with Crippen molar-refractivity contribution >= 4 is 0 Å². The molecule has 2 aromatic rings. The zero-order valence-corrected chi connectivity index (χ0v) is 29.8. The highest BCUT2D eigenvalue weighted by Gasteiger charge is 2.53. The molecule has 1 spiro atoms. The predicted molar refractivity (Wildman–Crippen MR) is 183 cm³/mol. The number of aliphatic hydroxyl groups is 2. The van der Waals surface area contributed by atoms with E-state index in [4.69, 9.17) is 28.4 Å². The van der Waals surface area contributed by atoms with Crippen molar-refractivity contribution in [2.24, 2.45) is 35.5 Å². The van der Waals surface area contributed by atoms with Gasteiger partial charge in [0.15, 0.2) is 5.79 Å². The Morgan fingerprint density at radius 2 is 1.30 bits per heavy atom. The maximum Gasteiger partial charge on any atom is 0.171 e. The second-order valence-corrected chi connectivity index (χ2v) is 14.4. The third-order valence-electron chi connectivity index (χ3n) is 10.7. The van der Waals surface area contributed by atoms with Gasteiger partial charge in [-0.2, -0.15) is 0 Å². The van der Waals surface area contributed by atoms with Gasteiger partial charge in [-0.15, -0.1) is 0 Å². The summed E-state index contributed by atoms with van der Waals surface area (Å²) in [5.74, 6) is -0.148. The van der Waals surface area contributed by atoms with Crippen LogP contribution in [0.2, 0.25) is 0 Å². The predicted octanol–water partition coefficient (Wildman–Crippen LogP) is 6.65. The van der Waals surface area contributed by atoms with Crippen molar-refractivity contribution in [1.29, 1.82) is 0 Å². The first kappa shape index (κ1) is 37.8. The van der Waals surface area contributed by atoms with E-state index < -0.39 is 18.0 Å². The topological polar surface area (TPSA) is 95.8 Å². The summed E-state index contributed by atoms with van der Waals surface area (Å²) in [7, 11) is 3.41. The van der Waals surface area contributed by atoms with Crippen molar-refractivity contribution in [3.63, 3.8) is 0 Å². The first-order valence-corrected chi connectivity index (χ1v) is 17.6. The lowest BCUT2D eigenvalue weighted by Gasteiger charge is -2.54. The maximum atomic E-state index is 11.5. The van der Waals surface area contributed by atoms with E-state index in [2.05, 4.69) is 27.7 Å². The van der Waals surface area contributed by atoms with Crippen LogP contribution in [0.1, 0.15) is 71.9 Å². The fourth-order valence-corrected chi connectivity index (χ4v) is 7.53. The Morgan fingerprint density at radius 3 is 1.85 bits per heavy atom. The van der Waals surface area contributed by atoms with Gasteiger partial charge in [-0.3, -0.25) is 0 Å². The third-order valence-corrected chi connectivity index (χ3v) is 10.7. The summed E-state index contributed by atoms with van der Waals surface area (Å²) in [5.41, 5.74) is 2.18. The maximum absolute atomic E-state index is 11.5. The molecule has 0 aromatic heterocycles. The van der Waals surface area contributed by atoms with Crippen LogP contribution in [-0.2, 0) is 36.9 Å². The largest absolute Gasteiger partial charge is 0.497 e. The van der Waals surface area contributed by atoms with Gasteiger partial charge in [-0.25, -0.2) is 0 Å². The summed E-state index contributed by atoms with van der Waals surface area (Å²) >= 11 is 0. The zero-order valence-electron chi connectivity index (χ0n) is 29.8. The van der Waals surface area contributed by atoms with E-state index >= 15 is 0 Å². The molecule has 8 heteroatoms. The second-order valence-electron chi connectivity index (χ2n) is 14.4. The molecule has 12 atom stereocenters. The zero-order chi connectivity index (χ0) is 34.1. The van der Waals surface area contributed by atoms with Crippen LogP contribution in [-0.4, -0.2) is 74.0 Å². The Balaban J connectivity index is 1.36. The molecule has 47 heavy (non-hydrogen) atoms. The van der Waals surface area contributed by atoms with Crippen LogP contribution < -0.4 is 4.74 Å². The number of rotatable bonds is 16. The second kappa shape index (κ2) is 17.6. The van der Waals surface area contributed by atoms with Crippen LogP contribution >= 0.6 is 0 Å². The Kier molecular flexibility index (Phi) is 14.1. The van der Waals surface area contributed by atoms with E-state index in [9.17, 15) is 10.2 Å². The Hall–Kier alpha value is -2.04. The van der Waals surface area contributed by atoms with Gasteiger partial charge in [0, 0.05) is 49.5 Å². The van der Waals surface area contributed by atoms with Crippen molar-refractivity contribution in [3.8, 4) is 5.75 Å². The molecule has 0 aliphatic carbocycles. The van der Waals surface area contributed by atoms with Crippen molar-refractivity contribution in [2.45, 2.75) is 110 Å².